The number of aromatic amines is 1. The fourth-order valence-corrected chi connectivity index (χ4v) is 2.46. The third-order valence-electron chi connectivity index (χ3n) is 3.59. The monoisotopic (exact) mass is 299 g/mol. The van der Waals surface area contributed by atoms with E-state index in [4.69, 9.17) is 4.74 Å². The highest BCUT2D eigenvalue weighted by molar-refractivity contribution is 6.05. The number of hydrogen-bond acceptors (Lipinski definition) is 4. The van der Waals surface area contributed by atoms with Crippen LogP contribution in [0, 0.1) is 0 Å². The lowest BCUT2D eigenvalue weighted by Crippen LogP contribution is -2.36. The van der Waals surface area contributed by atoms with E-state index >= 15 is 0 Å². The van der Waals surface area contributed by atoms with Gasteiger partial charge in [-0.05, 0) is 18.2 Å². The van der Waals surface area contributed by atoms with Crippen molar-refractivity contribution in [1.82, 2.24) is 4.98 Å². The highest BCUT2D eigenvalue weighted by atomic mass is 16.5. The summed E-state index contributed by atoms with van der Waals surface area (Å²) < 4.78 is 5.36. The predicted octanol–water partition coefficient (Wildman–Crippen LogP) is 1.92. The van der Waals surface area contributed by atoms with Crippen molar-refractivity contribution < 1.29 is 14.3 Å². The minimum atomic E-state index is -0.270. The predicted molar refractivity (Wildman–Crippen MR) is 83.6 cm³/mol. The second kappa shape index (κ2) is 6.44. The van der Waals surface area contributed by atoms with Crippen LogP contribution in [0.1, 0.15) is 20.8 Å². The van der Waals surface area contributed by atoms with Crippen molar-refractivity contribution in [3.05, 3.63) is 47.8 Å². The molecule has 1 fully saturated rings. The number of nitrogens with zero attached hydrogens (tertiary/aromatic N) is 1. The molecule has 22 heavy (non-hydrogen) atoms. The number of rotatable bonds is 4. The lowest BCUT2D eigenvalue weighted by molar-refractivity contribution is 0.102. The Morgan fingerprint density at radius 1 is 1.27 bits per heavy atom. The molecule has 0 aliphatic carbocycles. The molecule has 0 atom stereocenters. The molecule has 1 aliphatic heterocycles. The minimum absolute atomic E-state index is 0.270. The van der Waals surface area contributed by atoms with Crippen LogP contribution in [0.2, 0.25) is 0 Å². The fourth-order valence-electron chi connectivity index (χ4n) is 2.46. The van der Waals surface area contributed by atoms with E-state index < -0.39 is 0 Å². The second-order valence-electron chi connectivity index (χ2n) is 5.04. The number of aldehydes is 1. The van der Waals surface area contributed by atoms with Crippen molar-refractivity contribution in [2.45, 2.75) is 0 Å². The SMILES string of the molecule is O=Cc1c[nH]c(C(=O)Nc2ccccc2N2CCOCC2)c1. The Labute approximate surface area is 128 Å². The summed E-state index contributed by atoms with van der Waals surface area (Å²) >= 11 is 0. The number of H-pyrrole nitrogens is 1. The molecular formula is C16H17N3O3. The van der Waals surface area contributed by atoms with Crippen molar-refractivity contribution in [2.75, 3.05) is 36.5 Å². The molecule has 1 aromatic carbocycles. The first-order chi connectivity index (χ1) is 10.8. The number of anilines is 2. The third kappa shape index (κ3) is 3.01. The van der Waals surface area contributed by atoms with Crippen molar-refractivity contribution in [3.8, 4) is 0 Å². The summed E-state index contributed by atoms with van der Waals surface area (Å²) in [6.45, 7) is 2.96. The van der Waals surface area contributed by atoms with Crippen molar-refractivity contribution in [3.63, 3.8) is 0 Å². The summed E-state index contributed by atoms with van der Waals surface area (Å²) in [6, 6.07) is 9.20. The maximum Gasteiger partial charge on any atom is 0.272 e. The Balaban J connectivity index is 1.79. The Bertz CT molecular complexity index is 675. The zero-order valence-electron chi connectivity index (χ0n) is 12.0. The van der Waals surface area contributed by atoms with Crippen LogP contribution in [0.3, 0.4) is 0 Å². The highest BCUT2D eigenvalue weighted by Gasteiger charge is 2.16. The zero-order chi connectivity index (χ0) is 15.4. The molecule has 6 nitrogen and oxygen atoms in total. The van der Waals surface area contributed by atoms with Crippen LogP contribution < -0.4 is 10.2 Å². The third-order valence-corrected chi connectivity index (χ3v) is 3.59. The molecule has 2 heterocycles. The summed E-state index contributed by atoms with van der Waals surface area (Å²) in [5, 5.41) is 2.89. The summed E-state index contributed by atoms with van der Waals surface area (Å²) in [6.07, 6.45) is 2.21. The van der Waals surface area contributed by atoms with Crippen LogP contribution in [0.4, 0.5) is 11.4 Å². The molecule has 0 saturated carbocycles. The van der Waals surface area contributed by atoms with Gasteiger partial charge in [-0.15, -0.1) is 0 Å². The molecule has 114 valence electrons. The van der Waals surface area contributed by atoms with Gasteiger partial charge in [-0.2, -0.15) is 0 Å². The normalized spacial score (nSPS) is 14.6. The number of morpholine rings is 1. The van der Waals surface area contributed by atoms with E-state index in [2.05, 4.69) is 15.2 Å². The summed E-state index contributed by atoms with van der Waals surface area (Å²) in [7, 11) is 0. The molecule has 0 unspecified atom stereocenters. The number of para-hydroxylation sites is 2. The molecular weight excluding hydrogens is 282 g/mol. The Morgan fingerprint density at radius 2 is 2.05 bits per heavy atom. The maximum absolute atomic E-state index is 12.3. The van der Waals surface area contributed by atoms with Gasteiger partial charge in [-0.1, -0.05) is 12.1 Å². The maximum atomic E-state index is 12.3. The smallest absolute Gasteiger partial charge is 0.272 e. The molecule has 0 spiro atoms. The van der Waals surface area contributed by atoms with E-state index in [9.17, 15) is 9.59 Å². The van der Waals surface area contributed by atoms with Gasteiger partial charge in [-0.25, -0.2) is 0 Å². The topological polar surface area (TPSA) is 74.4 Å². The number of carbonyl (C=O) groups excluding carboxylic acids is 2. The lowest BCUT2D eigenvalue weighted by atomic mass is 10.2. The van der Waals surface area contributed by atoms with Crippen LogP contribution in [-0.2, 0) is 4.74 Å². The first-order valence-corrected chi connectivity index (χ1v) is 7.14. The Hall–Kier alpha value is -2.60. The van der Waals surface area contributed by atoms with Gasteiger partial charge in [0.25, 0.3) is 5.91 Å². The van der Waals surface area contributed by atoms with Gasteiger partial charge < -0.3 is 19.9 Å². The molecule has 1 amide bonds. The van der Waals surface area contributed by atoms with Crippen LogP contribution in [0.15, 0.2) is 36.5 Å². The van der Waals surface area contributed by atoms with Crippen LogP contribution in [0.25, 0.3) is 0 Å². The number of ether oxygens (including phenoxy) is 1. The van der Waals surface area contributed by atoms with Gasteiger partial charge in [0, 0.05) is 24.8 Å². The number of hydrogen-bond donors (Lipinski definition) is 2. The van der Waals surface area contributed by atoms with E-state index in [1.54, 1.807) is 0 Å². The quantitative estimate of drug-likeness (QED) is 0.846. The van der Waals surface area contributed by atoms with E-state index in [-0.39, 0.29) is 5.91 Å². The lowest BCUT2D eigenvalue weighted by Gasteiger charge is -2.30. The van der Waals surface area contributed by atoms with E-state index in [0.717, 1.165) is 24.5 Å². The van der Waals surface area contributed by atoms with Gasteiger partial charge in [0.2, 0.25) is 0 Å². The minimum Gasteiger partial charge on any atom is -0.378 e. The molecule has 0 radical (unpaired) electrons. The number of amides is 1. The van der Waals surface area contributed by atoms with Gasteiger partial charge >= 0.3 is 0 Å². The average Bonchev–Trinajstić information content (AvgIpc) is 3.05. The number of nitrogens with one attached hydrogen (secondary N) is 2. The number of carbonyl (C=O) groups is 2. The zero-order valence-corrected chi connectivity index (χ0v) is 12.0. The Kier molecular flexibility index (Phi) is 4.20. The molecule has 0 bridgehead atoms. The van der Waals surface area contributed by atoms with Gasteiger partial charge in [0.05, 0.1) is 24.6 Å². The first kappa shape index (κ1) is 14.3. The van der Waals surface area contributed by atoms with Crippen LogP contribution >= 0.6 is 0 Å². The van der Waals surface area contributed by atoms with E-state index in [1.165, 1.54) is 12.3 Å². The molecule has 1 saturated heterocycles. The molecule has 1 aromatic heterocycles. The van der Waals surface area contributed by atoms with Gasteiger partial charge in [0.1, 0.15) is 5.69 Å². The molecule has 6 heteroatoms. The van der Waals surface area contributed by atoms with Crippen molar-refractivity contribution >= 4 is 23.6 Å². The first-order valence-electron chi connectivity index (χ1n) is 7.14. The van der Waals surface area contributed by atoms with E-state index in [0.29, 0.717) is 30.8 Å². The van der Waals surface area contributed by atoms with Crippen LogP contribution in [-0.4, -0.2) is 43.5 Å². The molecule has 2 aromatic rings. The standard InChI is InChI=1S/C16H17N3O3/c20-11-12-9-14(17-10-12)16(21)18-13-3-1-2-4-15(13)19-5-7-22-8-6-19/h1-4,9-11,17H,5-8H2,(H,18,21). The van der Waals surface area contributed by atoms with Crippen molar-refractivity contribution in [1.29, 1.82) is 0 Å². The van der Waals surface area contributed by atoms with E-state index in [1.807, 2.05) is 24.3 Å². The summed E-state index contributed by atoms with van der Waals surface area (Å²) in [5.41, 5.74) is 2.53. The fraction of sp³-hybridized carbons (Fsp3) is 0.250. The van der Waals surface area contributed by atoms with Crippen LogP contribution in [0.5, 0.6) is 0 Å². The largest absolute Gasteiger partial charge is 0.378 e. The Morgan fingerprint density at radius 3 is 2.77 bits per heavy atom. The average molecular weight is 299 g/mol. The summed E-state index contributed by atoms with van der Waals surface area (Å²) in [4.78, 5) is 28.0. The molecule has 3 rings (SSSR count). The second-order valence-corrected chi connectivity index (χ2v) is 5.04. The van der Waals surface area contributed by atoms with Gasteiger partial charge in [0.15, 0.2) is 6.29 Å². The summed E-state index contributed by atoms with van der Waals surface area (Å²) in [5.74, 6) is -0.270. The van der Waals surface area contributed by atoms with Gasteiger partial charge in [-0.3, -0.25) is 9.59 Å². The number of aromatic nitrogens is 1. The highest BCUT2D eigenvalue weighted by Crippen LogP contribution is 2.26. The molecule has 2 N–H and O–H groups in total. The van der Waals surface area contributed by atoms with Crippen molar-refractivity contribution in [2.24, 2.45) is 0 Å². The number of benzene rings is 1. The molecule has 1 aliphatic rings.